The van der Waals surface area contributed by atoms with Crippen molar-refractivity contribution >= 4 is 11.8 Å². The van der Waals surface area contributed by atoms with Gasteiger partial charge in [0, 0.05) is 20.6 Å². The maximum atomic E-state index is 12.9. The average Bonchev–Trinajstić information content (AvgIpc) is 2.49. The lowest BCUT2D eigenvalue weighted by molar-refractivity contribution is -0.228. The molecule has 1 fully saturated rings. The largest absolute Gasteiger partial charge is 0.391 e. The van der Waals surface area contributed by atoms with E-state index in [0.717, 1.165) is 0 Å². The summed E-state index contributed by atoms with van der Waals surface area (Å²) >= 11 is 0. The van der Waals surface area contributed by atoms with Crippen LogP contribution in [0.4, 0.5) is 26.3 Å². The predicted molar refractivity (Wildman–Crippen MR) is 78.9 cm³/mol. The number of nitrogens with one attached hydrogen (secondary N) is 2. The first-order valence-corrected chi connectivity index (χ1v) is 8.01. The van der Waals surface area contributed by atoms with E-state index in [2.05, 4.69) is 10.6 Å². The number of carbonyl (C=O) groups excluding carboxylic acids is 2. The first kappa shape index (κ1) is 22.5. The van der Waals surface area contributed by atoms with Gasteiger partial charge in [-0.05, 0) is 25.2 Å². The van der Waals surface area contributed by atoms with Gasteiger partial charge in [-0.25, -0.2) is 0 Å². The molecule has 1 aliphatic carbocycles. The summed E-state index contributed by atoms with van der Waals surface area (Å²) in [7, 11) is 1.28. The Kier molecular flexibility index (Phi) is 7.72. The van der Waals surface area contributed by atoms with Crippen LogP contribution in [-0.2, 0) is 14.3 Å². The minimum absolute atomic E-state index is 0.174. The first-order valence-electron chi connectivity index (χ1n) is 8.01. The number of methoxy groups -OCH3 is 1. The highest BCUT2D eigenvalue weighted by atomic mass is 19.4. The van der Waals surface area contributed by atoms with Crippen molar-refractivity contribution in [3.63, 3.8) is 0 Å². The van der Waals surface area contributed by atoms with E-state index in [1.807, 2.05) is 0 Å². The van der Waals surface area contributed by atoms with Crippen LogP contribution in [0.1, 0.15) is 26.2 Å². The highest BCUT2D eigenvalue weighted by Crippen LogP contribution is 2.47. The molecule has 1 aliphatic rings. The summed E-state index contributed by atoms with van der Waals surface area (Å²) in [6.07, 6.45) is -11.4. The topological polar surface area (TPSA) is 67.4 Å². The number of ether oxygens (including phenoxy) is 1. The van der Waals surface area contributed by atoms with Crippen molar-refractivity contribution in [2.24, 2.45) is 17.8 Å². The van der Waals surface area contributed by atoms with Crippen molar-refractivity contribution in [2.45, 2.75) is 44.6 Å². The second kappa shape index (κ2) is 8.92. The van der Waals surface area contributed by atoms with Crippen LogP contribution < -0.4 is 10.6 Å². The number of amides is 2. The van der Waals surface area contributed by atoms with Gasteiger partial charge in [-0.3, -0.25) is 9.59 Å². The van der Waals surface area contributed by atoms with Gasteiger partial charge in [0.05, 0.1) is 18.4 Å². The van der Waals surface area contributed by atoms with E-state index in [9.17, 15) is 35.9 Å². The van der Waals surface area contributed by atoms with Gasteiger partial charge >= 0.3 is 12.4 Å². The summed E-state index contributed by atoms with van der Waals surface area (Å²) in [6, 6.07) is -1.07. The smallest absolute Gasteiger partial charge is 0.382 e. The normalized spacial score (nSPS) is 25.5. The van der Waals surface area contributed by atoms with Crippen molar-refractivity contribution in [1.82, 2.24) is 10.6 Å². The molecule has 3 atom stereocenters. The molecule has 11 heteroatoms. The van der Waals surface area contributed by atoms with E-state index in [-0.39, 0.29) is 13.2 Å². The monoisotopic (exact) mass is 392 g/mol. The van der Waals surface area contributed by atoms with E-state index in [0.29, 0.717) is 0 Å². The van der Waals surface area contributed by atoms with Crippen LogP contribution in [0.25, 0.3) is 0 Å². The molecule has 0 bridgehead atoms. The van der Waals surface area contributed by atoms with Crippen LogP contribution in [0.3, 0.4) is 0 Å². The average molecular weight is 392 g/mol. The molecule has 0 aromatic heterocycles. The van der Waals surface area contributed by atoms with Gasteiger partial charge in [0.2, 0.25) is 11.8 Å². The minimum Gasteiger partial charge on any atom is -0.382 e. The fourth-order valence-electron chi connectivity index (χ4n) is 3.10. The zero-order valence-corrected chi connectivity index (χ0v) is 14.3. The highest BCUT2D eigenvalue weighted by molar-refractivity contribution is 5.86. The van der Waals surface area contributed by atoms with Crippen molar-refractivity contribution in [3.05, 3.63) is 0 Å². The Morgan fingerprint density at radius 3 is 1.92 bits per heavy atom. The molecule has 152 valence electrons. The Balaban J connectivity index is 2.73. The predicted octanol–water partition coefficient (Wildman–Crippen LogP) is 2.41. The lowest BCUT2D eigenvalue weighted by Crippen LogP contribution is -2.50. The zero-order valence-electron chi connectivity index (χ0n) is 14.3. The van der Waals surface area contributed by atoms with Crippen LogP contribution in [0.5, 0.6) is 0 Å². The standard InChI is InChI=1S/C15H22F6N2O3/c1-8(24)23-12(7-26-2)13(25)22-6-9-3-10(14(16,17)18)5-11(4-9)15(19,20)21/h9-12H,3-7H2,1-2H3,(H,22,25)(H,23,24)/t9?,10?,11?,12-/m1/s1. The maximum absolute atomic E-state index is 12.9. The summed E-state index contributed by atoms with van der Waals surface area (Å²) in [5.74, 6) is -6.33. The highest BCUT2D eigenvalue weighted by Gasteiger charge is 2.51. The number of hydrogen-bond acceptors (Lipinski definition) is 3. The van der Waals surface area contributed by atoms with E-state index in [1.165, 1.54) is 14.0 Å². The molecule has 2 amide bonds. The van der Waals surface area contributed by atoms with Crippen LogP contribution in [0, 0.1) is 17.8 Å². The van der Waals surface area contributed by atoms with Gasteiger partial charge in [0.15, 0.2) is 0 Å². The molecule has 26 heavy (non-hydrogen) atoms. The van der Waals surface area contributed by atoms with E-state index in [4.69, 9.17) is 4.74 Å². The summed E-state index contributed by atoms with van der Waals surface area (Å²) in [5.41, 5.74) is 0. The Morgan fingerprint density at radius 2 is 1.54 bits per heavy atom. The molecule has 0 heterocycles. The lowest BCUT2D eigenvalue weighted by atomic mass is 9.74. The van der Waals surface area contributed by atoms with Crippen LogP contribution in [-0.4, -0.2) is 50.5 Å². The Bertz CT molecular complexity index is 473. The third-order valence-corrected chi connectivity index (χ3v) is 4.32. The van der Waals surface area contributed by atoms with Crippen LogP contribution in [0.15, 0.2) is 0 Å². The van der Waals surface area contributed by atoms with Crippen molar-refractivity contribution in [3.8, 4) is 0 Å². The molecule has 0 saturated heterocycles. The number of carbonyl (C=O) groups is 2. The summed E-state index contributed by atoms with van der Waals surface area (Å²) in [6.45, 7) is 0.656. The number of alkyl halides is 6. The SMILES string of the molecule is COC[C@@H](NC(C)=O)C(=O)NCC1CC(C(F)(F)F)CC(C(F)(F)F)C1. The van der Waals surface area contributed by atoms with E-state index in [1.54, 1.807) is 0 Å². The molecule has 1 rings (SSSR count). The summed E-state index contributed by atoms with van der Waals surface area (Å²) in [5, 5.41) is 4.62. The summed E-state index contributed by atoms with van der Waals surface area (Å²) < 4.78 is 82.3. The molecular weight excluding hydrogens is 370 g/mol. The van der Waals surface area contributed by atoms with Crippen LogP contribution >= 0.6 is 0 Å². The molecule has 2 N–H and O–H groups in total. The minimum atomic E-state index is -4.72. The molecule has 5 nitrogen and oxygen atoms in total. The van der Waals surface area contributed by atoms with Gasteiger partial charge in [0.25, 0.3) is 0 Å². The molecule has 2 unspecified atom stereocenters. The molecule has 0 aromatic carbocycles. The van der Waals surface area contributed by atoms with Gasteiger partial charge in [-0.2, -0.15) is 26.3 Å². The molecule has 0 spiro atoms. The third kappa shape index (κ3) is 7.00. The fourth-order valence-corrected chi connectivity index (χ4v) is 3.10. The van der Waals surface area contributed by atoms with Crippen molar-refractivity contribution in [1.29, 1.82) is 0 Å². The number of halogens is 6. The van der Waals surface area contributed by atoms with Gasteiger partial charge < -0.3 is 15.4 Å². The van der Waals surface area contributed by atoms with Gasteiger partial charge in [-0.15, -0.1) is 0 Å². The zero-order chi connectivity index (χ0) is 20.1. The van der Waals surface area contributed by atoms with Crippen molar-refractivity contribution < 1.29 is 40.7 Å². The first-order chi connectivity index (χ1) is 11.8. The van der Waals surface area contributed by atoms with Gasteiger partial charge in [-0.1, -0.05) is 0 Å². The number of rotatable bonds is 6. The molecule has 0 radical (unpaired) electrons. The quantitative estimate of drug-likeness (QED) is 0.683. The summed E-state index contributed by atoms with van der Waals surface area (Å²) in [4.78, 5) is 23.1. The Labute approximate surface area is 146 Å². The van der Waals surface area contributed by atoms with E-state index < -0.39 is 67.2 Å². The maximum Gasteiger partial charge on any atom is 0.391 e. The molecule has 1 saturated carbocycles. The molecule has 0 aromatic rings. The Morgan fingerprint density at radius 1 is 1.04 bits per heavy atom. The van der Waals surface area contributed by atoms with E-state index >= 15 is 0 Å². The van der Waals surface area contributed by atoms with Crippen LogP contribution in [0.2, 0.25) is 0 Å². The second-order valence-electron chi connectivity index (χ2n) is 6.50. The molecular formula is C15H22F6N2O3. The fraction of sp³-hybridized carbons (Fsp3) is 0.867. The second-order valence-corrected chi connectivity index (χ2v) is 6.50. The molecule has 0 aliphatic heterocycles. The number of hydrogen-bond donors (Lipinski definition) is 2. The van der Waals surface area contributed by atoms with Crippen molar-refractivity contribution in [2.75, 3.05) is 20.3 Å². The van der Waals surface area contributed by atoms with Gasteiger partial charge in [0.1, 0.15) is 6.04 Å². The lowest BCUT2D eigenvalue weighted by Gasteiger charge is -2.36. The Hall–Kier alpha value is -1.52. The third-order valence-electron chi connectivity index (χ3n) is 4.32.